The van der Waals surface area contributed by atoms with Crippen LogP contribution in [0.1, 0.15) is 47.4 Å². The molecule has 0 saturated heterocycles. The SMILES string of the molecule is CC(=CCCOC(=O)c1ccccc1C(=O)OCCC=C(C)C(=O)O)C(=O)O. The second-order valence-electron chi connectivity index (χ2n) is 5.78. The van der Waals surface area contributed by atoms with Gasteiger partial charge in [-0.2, -0.15) is 0 Å². The predicted octanol–water partition coefficient (Wildman–Crippen LogP) is 2.84. The molecule has 1 rings (SSSR count). The normalized spacial score (nSPS) is 11.6. The third-order valence-electron chi connectivity index (χ3n) is 3.64. The van der Waals surface area contributed by atoms with Gasteiger partial charge in [0.2, 0.25) is 0 Å². The molecule has 1 aromatic carbocycles. The second kappa shape index (κ2) is 11.3. The van der Waals surface area contributed by atoms with Crippen LogP contribution in [0.25, 0.3) is 0 Å². The van der Waals surface area contributed by atoms with Gasteiger partial charge in [-0.25, -0.2) is 19.2 Å². The zero-order valence-electron chi connectivity index (χ0n) is 15.6. The molecule has 0 radical (unpaired) electrons. The number of ether oxygens (including phenoxy) is 2. The van der Waals surface area contributed by atoms with Gasteiger partial charge in [0.05, 0.1) is 24.3 Å². The number of carbonyl (C=O) groups excluding carboxylic acids is 2. The van der Waals surface area contributed by atoms with E-state index in [9.17, 15) is 19.2 Å². The van der Waals surface area contributed by atoms with Gasteiger partial charge < -0.3 is 19.7 Å². The predicted molar refractivity (Wildman–Crippen MR) is 99.0 cm³/mol. The van der Waals surface area contributed by atoms with Crippen molar-refractivity contribution in [1.82, 2.24) is 0 Å². The van der Waals surface area contributed by atoms with E-state index in [1.165, 1.54) is 38.1 Å². The zero-order valence-corrected chi connectivity index (χ0v) is 15.6. The Morgan fingerprint density at radius 3 is 1.46 bits per heavy atom. The molecular formula is C20H22O8. The van der Waals surface area contributed by atoms with Gasteiger partial charge in [0.15, 0.2) is 0 Å². The second-order valence-corrected chi connectivity index (χ2v) is 5.78. The van der Waals surface area contributed by atoms with Crippen LogP contribution in [-0.2, 0) is 19.1 Å². The Bertz CT molecular complexity index is 737. The Labute approximate surface area is 162 Å². The molecule has 0 aromatic heterocycles. The van der Waals surface area contributed by atoms with Crippen molar-refractivity contribution in [2.45, 2.75) is 26.7 Å². The largest absolute Gasteiger partial charge is 0.478 e. The molecule has 0 fully saturated rings. The third kappa shape index (κ3) is 7.45. The van der Waals surface area contributed by atoms with Crippen molar-refractivity contribution >= 4 is 23.9 Å². The molecule has 1 aromatic rings. The fourth-order valence-electron chi connectivity index (χ4n) is 2.02. The summed E-state index contributed by atoms with van der Waals surface area (Å²) in [4.78, 5) is 45.8. The molecule has 0 spiro atoms. The summed E-state index contributed by atoms with van der Waals surface area (Å²) in [5.41, 5.74) is 0.354. The molecule has 8 heteroatoms. The van der Waals surface area contributed by atoms with Gasteiger partial charge in [0, 0.05) is 24.0 Å². The fraction of sp³-hybridized carbons (Fsp3) is 0.300. The zero-order chi connectivity index (χ0) is 21.1. The monoisotopic (exact) mass is 390 g/mol. The minimum absolute atomic E-state index is 0.0312. The lowest BCUT2D eigenvalue weighted by Crippen LogP contribution is -2.15. The van der Waals surface area contributed by atoms with Gasteiger partial charge >= 0.3 is 23.9 Å². The first-order chi connectivity index (χ1) is 13.2. The summed E-state index contributed by atoms with van der Waals surface area (Å²) in [7, 11) is 0. The van der Waals surface area contributed by atoms with Crippen LogP contribution in [0.2, 0.25) is 0 Å². The molecule has 2 N–H and O–H groups in total. The minimum Gasteiger partial charge on any atom is -0.478 e. The highest BCUT2D eigenvalue weighted by Crippen LogP contribution is 2.13. The summed E-state index contributed by atoms with van der Waals surface area (Å²) in [5.74, 6) is -3.55. The van der Waals surface area contributed by atoms with Crippen LogP contribution in [-0.4, -0.2) is 47.3 Å². The lowest BCUT2D eigenvalue weighted by molar-refractivity contribution is -0.133. The highest BCUT2D eigenvalue weighted by molar-refractivity contribution is 6.03. The number of carboxylic acids is 2. The smallest absolute Gasteiger partial charge is 0.339 e. The number of hydrogen-bond donors (Lipinski definition) is 2. The quantitative estimate of drug-likeness (QED) is 0.355. The number of rotatable bonds is 10. The summed E-state index contributed by atoms with van der Waals surface area (Å²) in [6, 6.07) is 5.99. The summed E-state index contributed by atoms with van der Waals surface area (Å²) < 4.78 is 10.1. The van der Waals surface area contributed by atoms with Crippen molar-refractivity contribution in [2.24, 2.45) is 0 Å². The number of carboxylic acid groups (broad SMARTS) is 2. The maximum Gasteiger partial charge on any atom is 0.339 e. The lowest BCUT2D eigenvalue weighted by Gasteiger charge is -2.09. The Hall–Kier alpha value is -3.42. The molecule has 0 amide bonds. The number of carbonyl (C=O) groups is 4. The van der Waals surface area contributed by atoms with Gasteiger partial charge in [0.25, 0.3) is 0 Å². The van der Waals surface area contributed by atoms with E-state index < -0.39 is 23.9 Å². The molecule has 0 aliphatic heterocycles. The van der Waals surface area contributed by atoms with Gasteiger partial charge in [-0.1, -0.05) is 24.3 Å². The molecule has 0 saturated carbocycles. The van der Waals surface area contributed by atoms with Crippen LogP contribution < -0.4 is 0 Å². The molecule has 0 atom stereocenters. The number of aliphatic carboxylic acids is 2. The van der Waals surface area contributed by atoms with E-state index in [2.05, 4.69) is 0 Å². The van der Waals surface area contributed by atoms with Crippen LogP contribution >= 0.6 is 0 Å². The molecule has 8 nitrogen and oxygen atoms in total. The van der Waals surface area contributed by atoms with E-state index in [0.717, 1.165) is 0 Å². The van der Waals surface area contributed by atoms with Gasteiger partial charge in [0.1, 0.15) is 0 Å². The molecule has 150 valence electrons. The van der Waals surface area contributed by atoms with E-state index in [1.54, 1.807) is 12.1 Å². The standard InChI is InChI=1S/C20H22O8/c1-13(17(21)22)7-5-11-27-19(25)15-9-3-4-10-16(15)20(26)28-12-6-8-14(2)18(23)24/h3-4,7-10H,5-6,11-12H2,1-2H3,(H,21,22)(H,23,24). The van der Waals surface area contributed by atoms with Gasteiger partial charge in [-0.15, -0.1) is 0 Å². The van der Waals surface area contributed by atoms with E-state index in [-0.39, 0.29) is 48.3 Å². The summed E-state index contributed by atoms with van der Waals surface area (Å²) in [6.07, 6.45) is 3.32. The van der Waals surface area contributed by atoms with Gasteiger partial charge in [-0.05, 0) is 26.0 Å². The van der Waals surface area contributed by atoms with Crippen molar-refractivity contribution in [3.05, 3.63) is 58.7 Å². The van der Waals surface area contributed by atoms with E-state index >= 15 is 0 Å². The van der Waals surface area contributed by atoms with Crippen molar-refractivity contribution < 1.29 is 38.9 Å². The van der Waals surface area contributed by atoms with E-state index in [4.69, 9.17) is 19.7 Å². The van der Waals surface area contributed by atoms with E-state index in [1.807, 2.05) is 0 Å². The third-order valence-corrected chi connectivity index (χ3v) is 3.64. The maximum atomic E-state index is 12.2. The molecular weight excluding hydrogens is 368 g/mol. The van der Waals surface area contributed by atoms with E-state index in [0.29, 0.717) is 0 Å². The molecule has 28 heavy (non-hydrogen) atoms. The van der Waals surface area contributed by atoms with Crippen molar-refractivity contribution in [3.8, 4) is 0 Å². The van der Waals surface area contributed by atoms with Crippen molar-refractivity contribution in [3.63, 3.8) is 0 Å². The first-order valence-electron chi connectivity index (χ1n) is 8.47. The highest BCUT2D eigenvalue weighted by Gasteiger charge is 2.18. The van der Waals surface area contributed by atoms with Crippen LogP contribution in [0.15, 0.2) is 47.6 Å². The molecule has 0 aliphatic carbocycles. The topological polar surface area (TPSA) is 127 Å². The number of benzene rings is 1. The Morgan fingerprint density at radius 2 is 1.14 bits per heavy atom. The minimum atomic E-state index is -1.05. The van der Waals surface area contributed by atoms with Crippen LogP contribution in [0.3, 0.4) is 0 Å². The first kappa shape index (κ1) is 22.6. The number of hydrogen-bond acceptors (Lipinski definition) is 6. The van der Waals surface area contributed by atoms with Crippen molar-refractivity contribution in [2.75, 3.05) is 13.2 Å². The Balaban J connectivity index is 2.65. The van der Waals surface area contributed by atoms with Crippen LogP contribution in [0.4, 0.5) is 0 Å². The molecule has 0 unspecified atom stereocenters. The Morgan fingerprint density at radius 1 is 0.786 bits per heavy atom. The first-order valence-corrected chi connectivity index (χ1v) is 8.47. The average Bonchev–Trinajstić information content (AvgIpc) is 2.67. The molecule has 0 aliphatic rings. The summed E-state index contributed by atoms with van der Waals surface area (Å²) in [6.45, 7) is 2.80. The fourth-order valence-corrected chi connectivity index (χ4v) is 2.02. The summed E-state index contributed by atoms with van der Waals surface area (Å²) >= 11 is 0. The van der Waals surface area contributed by atoms with Crippen LogP contribution in [0, 0.1) is 0 Å². The highest BCUT2D eigenvalue weighted by atomic mass is 16.5. The maximum absolute atomic E-state index is 12.2. The molecule has 0 heterocycles. The lowest BCUT2D eigenvalue weighted by atomic mass is 10.1. The van der Waals surface area contributed by atoms with Crippen LogP contribution in [0.5, 0.6) is 0 Å². The van der Waals surface area contributed by atoms with Crippen molar-refractivity contribution in [1.29, 1.82) is 0 Å². The summed E-state index contributed by atoms with van der Waals surface area (Å²) in [5, 5.41) is 17.5. The average molecular weight is 390 g/mol. The van der Waals surface area contributed by atoms with Gasteiger partial charge in [-0.3, -0.25) is 0 Å². The Kier molecular flexibility index (Phi) is 9.15. The number of esters is 2. The molecule has 0 bridgehead atoms.